The summed E-state index contributed by atoms with van der Waals surface area (Å²) in [6.45, 7) is 0. The van der Waals surface area contributed by atoms with E-state index in [0.717, 1.165) is 18.0 Å². The summed E-state index contributed by atoms with van der Waals surface area (Å²) in [5, 5.41) is 10.4. The minimum atomic E-state index is -4.96. The van der Waals surface area contributed by atoms with Crippen LogP contribution in [0.1, 0.15) is 0 Å². The molecule has 0 aromatic carbocycles. The number of aromatic nitrogens is 1. The predicted octanol–water partition coefficient (Wildman–Crippen LogP) is 1.76. The minimum Gasteiger partial charge on any atom is -0.481 e. The number of carbonyl (C=O) groups excluding carboxylic acids is 1. The number of amides is 1. The van der Waals surface area contributed by atoms with Crippen LogP contribution in [-0.4, -0.2) is 33.9 Å². The highest BCUT2D eigenvalue weighted by Crippen LogP contribution is 2.20. The van der Waals surface area contributed by atoms with E-state index in [9.17, 15) is 22.8 Å². The van der Waals surface area contributed by atoms with Crippen LogP contribution >= 0.6 is 11.8 Å². The first kappa shape index (κ1) is 14.3. The number of halogens is 3. The van der Waals surface area contributed by atoms with Crippen molar-refractivity contribution in [3.8, 4) is 0 Å². The van der Waals surface area contributed by atoms with Crippen LogP contribution in [-0.2, 0) is 9.59 Å². The Hall–Kier alpha value is -1.77. The van der Waals surface area contributed by atoms with Gasteiger partial charge in [-0.1, -0.05) is 11.8 Å². The first-order valence-electron chi connectivity index (χ1n) is 4.48. The molecule has 1 amide bonds. The summed E-state index contributed by atoms with van der Waals surface area (Å²) in [5.74, 6) is -3.33. The molecule has 0 aliphatic carbocycles. The third-order valence-electron chi connectivity index (χ3n) is 1.60. The van der Waals surface area contributed by atoms with Crippen LogP contribution in [0.4, 0.5) is 18.9 Å². The number of thioether (sulfide) groups is 1. The van der Waals surface area contributed by atoms with Gasteiger partial charge >= 0.3 is 18.1 Å². The van der Waals surface area contributed by atoms with Crippen molar-refractivity contribution in [1.29, 1.82) is 0 Å². The number of carbonyl (C=O) groups is 2. The third kappa shape index (κ3) is 4.62. The average molecular weight is 280 g/mol. The molecule has 0 saturated heterocycles. The van der Waals surface area contributed by atoms with Gasteiger partial charge in [-0.3, -0.25) is 9.59 Å². The molecule has 0 aliphatic heterocycles. The summed E-state index contributed by atoms with van der Waals surface area (Å²) in [4.78, 5) is 24.6. The molecule has 0 bridgehead atoms. The third-order valence-corrected chi connectivity index (χ3v) is 2.52. The molecule has 0 unspecified atom stereocenters. The maximum atomic E-state index is 11.9. The first-order chi connectivity index (χ1) is 8.29. The van der Waals surface area contributed by atoms with Crippen LogP contribution in [0.3, 0.4) is 0 Å². The Labute approximate surface area is 103 Å². The lowest BCUT2D eigenvalue weighted by Crippen LogP contribution is -2.29. The summed E-state index contributed by atoms with van der Waals surface area (Å²) in [5.41, 5.74) is -0.114. The molecule has 2 N–H and O–H groups in total. The molecule has 1 aromatic rings. The van der Waals surface area contributed by atoms with Crippen LogP contribution in [0.2, 0.25) is 0 Å². The topological polar surface area (TPSA) is 79.3 Å². The largest absolute Gasteiger partial charge is 0.481 e. The predicted molar refractivity (Wildman–Crippen MR) is 57.3 cm³/mol. The number of anilines is 1. The van der Waals surface area contributed by atoms with E-state index in [2.05, 4.69) is 4.98 Å². The first-order valence-corrected chi connectivity index (χ1v) is 5.46. The van der Waals surface area contributed by atoms with Crippen molar-refractivity contribution < 1.29 is 27.9 Å². The lowest BCUT2D eigenvalue weighted by Gasteiger charge is -2.07. The van der Waals surface area contributed by atoms with E-state index in [4.69, 9.17) is 5.11 Å². The zero-order chi connectivity index (χ0) is 13.8. The van der Waals surface area contributed by atoms with Gasteiger partial charge in [0, 0.05) is 0 Å². The van der Waals surface area contributed by atoms with Gasteiger partial charge in [0.2, 0.25) is 0 Å². The second-order valence-electron chi connectivity index (χ2n) is 3.02. The molecular weight excluding hydrogens is 273 g/mol. The van der Waals surface area contributed by atoms with E-state index in [0.29, 0.717) is 5.03 Å². The van der Waals surface area contributed by atoms with Crippen LogP contribution in [0.5, 0.6) is 0 Å². The zero-order valence-corrected chi connectivity index (χ0v) is 9.51. The highest BCUT2D eigenvalue weighted by atomic mass is 32.2. The van der Waals surface area contributed by atoms with Gasteiger partial charge in [-0.05, 0) is 12.1 Å². The highest BCUT2D eigenvalue weighted by molar-refractivity contribution is 7.99. The Bertz CT molecular complexity index is 447. The van der Waals surface area contributed by atoms with Crippen molar-refractivity contribution in [3.63, 3.8) is 0 Å². The van der Waals surface area contributed by atoms with E-state index in [1.165, 1.54) is 12.1 Å². The number of aliphatic carboxylic acids is 1. The number of carboxylic acid groups (broad SMARTS) is 1. The van der Waals surface area contributed by atoms with Gasteiger partial charge < -0.3 is 10.4 Å². The standard InChI is InChI=1S/C9H7F3N2O3S/c10-9(11,12)8(17)14-5-1-2-6(13-3-5)18-4-7(15)16/h1-3H,4H2,(H,14,17)(H,15,16). The fraction of sp³-hybridized carbons (Fsp3) is 0.222. The molecule has 98 valence electrons. The Morgan fingerprint density at radius 2 is 2.06 bits per heavy atom. The molecule has 5 nitrogen and oxygen atoms in total. The summed E-state index contributed by atoms with van der Waals surface area (Å²) in [6, 6.07) is 2.53. The number of nitrogens with one attached hydrogen (secondary N) is 1. The van der Waals surface area contributed by atoms with Gasteiger partial charge in [0.25, 0.3) is 0 Å². The van der Waals surface area contributed by atoms with Crippen molar-refractivity contribution >= 4 is 29.3 Å². The highest BCUT2D eigenvalue weighted by Gasteiger charge is 2.38. The Kier molecular flexibility index (Phi) is 4.54. The number of hydrogen-bond donors (Lipinski definition) is 2. The Morgan fingerprint density at radius 1 is 1.39 bits per heavy atom. The summed E-state index contributed by atoms with van der Waals surface area (Å²) < 4.78 is 35.8. The normalized spacial score (nSPS) is 11.1. The van der Waals surface area contributed by atoms with E-state index in [1.54, 1.807) is 5.32 Å². The smallest absolute Gasteiger partial charge is 0.471 e. The van der Waals surface area contributed by atoms with Gasteiger partial charge in [0.15, 0.2) is 0 Å². The van der Waals surface area contributed by atoms with Crippen molar-refractivity contribution in [2.45, 2.75) is 11.2 Å². The lowest BCUT2D eigenvalue weighted by atomic mass is 10.4. The fourth-order valence-electron chi connectivity index (χ4n) is 0.877. The SMILES string of the molecule is O=C(O)CSc1ccc(NC(=O)C(F)(F)F)cn1. The van der Waals surface area contributed by atoms with Gasteiger partial charge in [0.05, 0.1) is 22.7 Å². The summed E-state index contributed by atoms with van der Waals surface area (Å²) in [6.07, 6.45) is -3.94. The molecule has 0 fully saturated rings. The summed E-state index contributed by atoms with van der Waals surface area (Å²) in [7, 11) is 0. The second kappa shape index (κ2) is 5.71. The maximum absolute atomic E-state index is 11.9. The second-order valence-corrected chi connectivity index (χ2v) is 4.02. The molecule has 0 aliphatic rings. The van der Waals surface area contributed by atoms with E-state index >= 15 is 0 Å². The quantitative estimate of drug-likeness (QED) is 0.821. The molecule has 0 atom stereocenters. The molecule has 9 heteroatoms. The molecule has 1 aromatic heterocycles. The number of hydrogen-bond acceptors (Lipinski definition) is 4. The molecule has 0 radical (unpaired) electrons. The fourth-order valence-corrected chi connectivity index (χ4v) is 1.44. The van der Waals surface area contributed by atoms with Crippen LogP contribution in [0.25, 0.3) is 0 Å². The van der Waals surface area contributed by atoms with E-state index in [1.807, 2.05) is 0 Å². The minimum absolute atomic E-state index is 0.114. The monoisotopic (exact) mass is 280 g/mol. The molecule has 0 spiro atoms. The van der Waals surface area contributed by atoms with Crippen molar-refractivity contribution in [1.82, 2.24) is 4.98 Å². The molecule has 18 heavy (non-hydrogen) atoms. The number of carboxylic acids is 1. The van der Waals surface area contributed by atoms with Gasteiger partial charge in [-0.2, -0.15) is 13.2 Å². The van der Waals surface area contributed by atoms with Gasteiger partial charge in [-0.25, -0.2) is 4.98 Å². The average Bonchev–Trinajstić information content (AvgIpc) is 2.26. The molecule has 0 saturated carbocycles. The zero-order valence-electron chi connectivity index (χ0n) is 8.69. The Morgan fingerprint density at radius 3 is 2.50 bits per heavy atom. The van der Waals surface area contributed by atoms with Gasteiger partial charge in [-0.15, -0.1) is 0 Å². The molecule has 1 rings (SSSR count). The van der Waals surface area contributed by atoms with Crippen molar-refractivity contribution in [2.24, 2.45) is 0 Å². The maximum Gasteiger partial charge on any atom is 0.471 e. The van der Waals surface area contributed by atoms with Crippen molar-refractivity contribution in [3.05, 3.63) is 18.3 Å². The van der Waals surface area contributed by atoms with E-state index in [-0.39, 0.29) is 11.4 Å². The summed E-state index contributed by atoms with van der Waals surface area (Å²) >= 11 is 0.916. The van der Waals surface area contributed by atoms with Crippen LogP contribution in [0, 0.1) is 0 Å². The lowest BCUT2D eigenvalue weighted by molar-refractivity contribution is -0.167. The number of nitrogens with zero attached hydrogens (tertiary/aromatic N) is 1. The molecular formula is C9H7F3N2O3S. The van der Waals surface area contributed by atoms with Crippen LogP contribution in [0.15, 0.2) is 23.4 Å². The van der Waals surface area contributed by atoms with Gasteiger partial charge in [0.1, 0.15) is 0 Å². The Balaban J connectivity index is 2.60. The van der Waals surface area contributed by atoms with Crippen molar-refractivity contribution in [2.75, 3.05) is 11.1 Å². The molecule has 1 heterocycles. The number of alkyl halides is 3. The number of rotatable bonds is 4. The van der Waals surface area contributed by atoms with Crippen LogP contribution < -0.4 is 5.32 Å². The number of pyridine rings is 1. The van der Waals surface area contributed by atoms with E-state index < -0.39 is 18.1 Å².